The van der Waals surface area contributed by atoms with Gasteiger partial charge in [-0.3, -0.25) is 0 Å². The van der Waals surface area contributed by atoms with Crippen LogP contribution in [0.4, 0.5) is 0 Å². The van der Waals surface area contributed by atoms with Gasteiger partial charge >= 0.3 is 0 Å². The molecule has 2 aromatic carbocycles. The Morgan fingerprint density at radius 3 is 2.58 bits per heavy atom. The Bertz CT molecular complexity index is 841. The number of hydrogen-bond donors (Lipinski definition) is 2. The van der Waals surface area contributed by atoms with Crippen molar-refractivity contribution in [1.82, 2.24) is 0 Å². The summed E-state index contributed by atoms with van der Waals surface area (Å²) in [6.45, 7) is -0.0492. The Hall–Kier alpha value is -2.79. The molecule has 0 bridgehead atoms. The van der Waals surface area contributed by atoms with Gasteiger partial charge in [0.25, 0.3) is 0 Å². The van der Waals surface area contributed by atoms with Crippen LogP contribution in [0.25, 0.3) is 6.08 Å². The van der Waals surface area contributed by atoms with Crippen molar-refractivity contribution in [2.24, 2.45) is 0 Å². The van der Waals surface area contributed by atoms with Crippen molar-refractivity contribution in [2.75, 3.05) is 20.8 Å². The van der Waals surface area contributed by atoms with Crippen LogP contribution in [0.15, 0.2) is 36.4 Å². The van der Waals surface area contributed by atoms with E-state index in [1.807, 2.05) is 24.3 Å². The van der Waals surface area contributed by atoms with Gasteiger partial charge in [-0.15, -0.1) is 0 Å². The first-order chi connectivity index (χ1) is 12.6. The van der Waals surface area contributed by atoms with Crippen molar-refractivity contribution in [1.29, 1.82) is 0 Å². The number of rotatable bonds is 6. The second kappa shape index (κ2) is 7.62. The van der Waals surface area contributed by atoms with Crippen LogP contribution in [0.2, 0.25) is 0 Å². The molecule has 1 aliphatic carbocycles. The quantitative estimate of drug-likeness (QED) is 0.780. The van der Waals surface area contributed by atoms with E-state index in [2.05, 4.69) is 0 Å². The number of carbonyl (C=O) groups is 1. The van der Waals surface area contributed by atoms with Crippen LogP contribution in [0.1, 0.15) is 34.1 Å². The van der Waals surface area contributed by atoms with E-state index in [1.165, 1.54) is 7.11 Å². The zero-order chi connectivity index (χ0) is 18.7. The van der Waals surface area contributed by atoms with E-state index in [-0.39, 0.29) is 24.2 Å². The number of aliphatic hydroxyl groups excluding tert-OH is 1. The Morgan fingerprint density at radius 1 is 1.15 bits per heavy atom. The average molecular weight is 354 g/mol. The Labute approximate surface area is 152 Å². The number of carbonyl (C=O) groups excluding carboxylic acids is 1. The lowest BCUT2D eigenvalue weighted by Gasteiger charge is -2.17. The highest BCUT2D eigenvalue weighted by Crippen LogP contribution is 2.48. The Morgan fingerprint density at radius 2 is 1.92 bits per heavy atom. The van der Waals surface area contributed by atoms with Gasteiger partial charge in [-0.1, -0.05) is 24.3 Å². The van der Waals surface area contributed by atoms with E-state index in [0.717, 1.165) is 34.3 Å². The molecule has 0 amide bonds. The van der Waals surface area contributed by atoms with Crippen molar-refractivity contribution < 1.29 is 24.5 Å². The molecule has 2 unspecified atom stereocenters. The largest absolute Gasteiger partial charge is 0.504 e. The maximum atomic E-state index is 11.9. The molecule has 0 radical (unpaired) electrons. The SMILES string of the molecule is COc1cc(C2Cc3c(OC)cc(/C=C/CO)cc3C2C=O)ccc1O. The molecule has 26 heavy (non-hydrogen) atoms. The minimum absolute atomic E-state index is 0.0492. The summed E-state index contributed by atoms with van der Waals surface area (Å²) in [6.07, 6.45) is 5.09. The zero-order valence-corrected chi connectivity index (χ0v) is 14.8. The molecule has 0 saturated carbocycles. The highest BCUT2D eigenvalue weighted by atomic mass is 16.5. The maximum absolute atomic E-state index is 11.9. The lowest BCUT2D eigenvalue weighted by Crippen LogP contribution is -2.07. The van der Waals surface area contributed by atoms with Crippen LogP contribution in [0.5, 0.6) is 17.2 Å². The smallest absolute Gasteiger partial charge is 0.160 e. The van der Waals surface area contributed by atoms with Crippen molar-refractivity contribution in [3.05, 3.63) is 58.7 Å². The molecule has 2 aromatic rings. The number of fused-ring (bicyclic) bond motifs is 1. The molecule has 0 fully saturated rings. The number of benzene rings is 2. The van der Waals surface area contributed by atoms with E-state index in [4.69, 9.17) is 14.6 Å². The number of ether oxygens (including phenoxy) is 2. The van der Waals surface area contributed by atoms with Gasteiger partial charge in [-0.25, -0.2) is 0 Å². The monoisotopic (exact) mass is 354 g/mol. The third-order valence-corrected chi connectivity index (χ3v) is 4.90. The third kappa shape index (κ3) is 3.18. The Balaban J connectivity index is 2.06. The molecule has 0 saturated heterocycles. The van der Waals surface area contributed by atoms with Crippen molar-refractivity contribution in [3.8, 4) is 17.2 Å². The molecular formula is C21H22O5. The van der Waals surface area contributed by atoms with E-state index < -0.39 is 0 Å². The summed E-state index contributed by atoms with van der Waals surface area (Å²) in [5, 5.41) is 18.8. The minimum Gasteiger partial charge on any atom is -0.504 e. The fourth-order valence-corrected chi connectivity index (χ4v) is 3.65. The number of aldehydes is 1. The summed E-state index contributed by atoms with van der Waals surface area (Å²) in [6, 6.07) is 9.07. The minimum atomic E-state index is -0.310. The van der Waals surface area contributed by atoms with E-state index in [9.17, 15) is 9.90 Å². The highest BCUT2D eigenvalue weighted by Gasteiger charge is 2.36. The molecule has 2 N–H and O–H groups in total. The first-order valence-corrected chi connectivity index (χ1v) is 8.43. The van der Waals surface area contributed by atoms with Crippen LogP contribution in [0.3, 0.4) is 0 Å². The Kier molecular flexibility index (Phi) is 5.28. The van der Waals surface area contributed by atoms with E-state index >= 15 is 0 Å². The fraction of sp³-hybridized carbons (Fsp3) is 0.286. The summed E-state index contributed by atoms with van der Waals surface area (Å²) in [5.41, 5.74) is 3.77. The molecule has 1 aliphatic rings. The van der Waals surface area contributed by atoms with Gasteiger partial charge in [-0.2, -0.15) is 0 Å². The third-order valence-electron chi connectivity index (χ3n) is 4.90. The number of phenolic OH excluding ortho intramolecular Hbond substituents is 1. The van der Waals surface area contributed by atoms with Gasteiger partial charge in [0.1, 0.15) is 12.0 Å². The number of methoxy groups -OCH3 is 2. The zero-order valence-electron chi connectivity index (χ0n) is 14.8. The summed E-state index contributed by atoms with van der Waals surface area (Å²) in [4.78, 5) is 11.9. The molecule has 0 aliphatic heterocycles. The predicted octanol–water partition coefficient (Wildman–Crippen LogP) is 3.04. The fourth-order valence-electron chi connectivity index (χ4n) is 3.65. The molecule has 136 valence electrons. The summed E-state index contributed by atoms with van der Waals surface area (Å²) in [5.74, 6) is 0.837. The molecule has 3 rings (SSSR count). The first kappa shape index (κ1) is 18.0. The van der Waals surface area contributed by atoms with E-state index in [0.29, 0.717) is 12.2 Å². The molecule has 2 atom stereocenters. The molecule has 0 heterocycles. The first-order valence-electron chi connectivity index (χ1n) is 8.43. The topological polar surface area (TPSA) is 76.0 Å². The van der Waals surface area contributed by atoms with Crippen LogP contribution in [-0.2, 0) is 11.2 Å². The number of hydrogen-bond acceptors (Lipinski definition) is 5. The predicted molar refractivity (Wildman–Crippen MR) is 99.0 cm³/mol. The van der Waals surface area contributed by atoms with Gasteiger partial charge in [0.15, 0.2) is 11.5 Å². The van der Waals surface area contributed by atoms with Crippen molar-refractivity contribution in [2.45, 2.75) is 18.3 Å². The molecule has 5 heteroatoms. The van der Waals surface area contributed by atoms with Gasteiger partial charge in [0.2, 0.25) is 0 Å². The van der Waals surface area contributed by atoms with E-state index in [1.54, 1.807) is 25.3 Å². The number of aliphatic hydroxyl groups is 1. The second-order valence-corrected chi connectivity index (χ2v) is 6.28. The number of aromatic hydroxyl groups is 1. The van der Waals surface area contributed by atoms with Crippen molar-refractivity contribution in [3.63, 3.8) is 0 Å². The number of phenols is 1. The lowest BCUT2D eigenvalue weighted by molar-refractivity contribution is -0.109. The van der Waals surface area contributed by atoms with Crippen LogP contribution >= 0.6 is 0 Å². The maximum Gasteiger partial charge on any atom is 0.160 e. The van der Waals surface area contributed by atoms with Crippen LogP contribution in [0, 0.1) is 0 Å². The molecular weight excluding hydrogens is 332 g/mol. The highest BCUT2D eigenvalue weighted by molar-refractivity contribution is 5.72. The van der Waals surface area contributed by atoms with Gasteiger partial charge in [0, 0.05) is 11.8 Å². The van der Waals surface area contributed by atoms with Gasteiger partial charge in [-0.05, 0) is 46.9 Å². The lowest BCUT2D eigenvalue weighted by atomic mass is 9.87. The van der Waals surface area contributed by atoms with Crippen molar-refractivity contribution >= 4 is 12.4 Å². The van der Waals surface area contributed by atoms with Gasteiger partial charge in [0.05, 0.1) is 20.8 Å². The summed E-state index contributed by atoms with van der Waals surface area (Å²) >= 11 is 0. The van der Waals surface area contributed by atoms with Gasteiger partial charge < -0.3 is 24.5 Å². The van der Waals surface area contributed by atoms with Crippen LogP contribution < -0.4 is 9.47 Å². The molecule has 5 nitrogen and oxygen atoms in total. The standard InChI is InChI=1S/C21H22O5/c1-25-20-9-13(4-3-7-22)8-16-17(20)11-15(18(16)12-23)14-5-6-19(24)21(10-14)26-2/h3-6,8-10,12,15,18,22,24H,7,11H2,1-2H3/b4-3+. The molecule has 0 spiro atoms. The summed E-state index contributed by atoms with van der Waals surface area (Å²) in [7, 11) is 3.12. The normalized spacial score (nSPS) is 18.7. The second-order valence-electron chi connectivity index (χ2n) is 6.28. The average Bonchev–Trinajstić information content (AvgIpc) is 3.04. The summed E-state index contributed by atoms with van der Waals surface area (Å²) < 4.78 is 10.7. The van der Waals surface area contributed by atoms with Crippen LogP contribution in [-0.4, -0.2) is 37.3 Å². The molecule has 0 aromatic heterocycles.